The molecule has 76 valence electrons. The van der Waals surface area contributed by atoms with Crippen molar-refractivity contribution in [2.75, 3.05) is 7.11 Å². The van der Waals surface area contributed by atoms with E-state index in [-0.39, 0.29) is 5.54 Å². The van der Waals surface area contributed by atoms with Gasteiger partial charge in [0.05, 0.1) is 7.11 Å². The van der Waals surface area contributed by atoms with E-state index in [1.54, 1.807) is 7.11 Å². The Labute approximate surface area is 85.1 Å². The summed E-state index contributed by atoms with van der Waals surface area (Å²) in [5.74, 6) is 1.46. The fraction of sp³-hybridized carbons (Fsp3) is 0.500. The van der Waals surface area contributed by atoms with Gasteiger partial charge in [-0.25, -0.2) is 0 Å². The van der Waals surface area contributed by atoms with Gasteiger partial charge in [0.1, 0.15) is 5.75 Å². The topological polar surface area (TPSA) is 35.2 Å². The van der Waals surface area contributed by atoms with E-state index in [4.69, 9.17) is 10.5 Å². The second-order valence-corrected chi connectivity index (χ2v) is 4.12. The third kappa shape index (κ3) is 1.50. The summed E-state index contributed by atoms with van der Waals surface area (Å²) >= 11 is 0. The molecule has 2 rings (SSSR count). The lowest BCUT2D eigenvalue weighted by Gasteiger charge is -2.08. The first-order valence-electron chi connectivity index (χ1n) is 5.12. The summed E-state index contributed by atoms with van der Waals surface area (Å²) in [5, 5.41) is 0. The largest absolute Gasteiger partial charge is 0.497 e. The quantitative estimate of drug-likeness (QED) is 0.795. The molecule has 2 heteroatoms. The molecular formula is C12H17NO. The summed E-state index contributed by atoms with van der Waals surface area (Å²) in [4.78, 5) is 0. The number of methoxy groups -OCH3 is 1. The van der Waals surface area contributed by atoms with Crippen molar-refractivity contribution < 1.29 is 4.74 Å². The summed E-state index contributed by atoms with van der Waals surface area (Å²) in [6, 6.07) is 8.25. The second-order valence-electron chi connectivity index (χ2n) is 4.12. The molecular weight excluding hydrogens is 174 g/mol. The van der Waals surface area contributed by atoms with Crippen molar-refractivity contribution in [3.8, 4) is 5.75 Å². The lowest BCUT2D eigenvalue weighted by molar-refractivity contribution is 0.414. The Hall–Kier alpha value is -1.02. The standard InChI is InChI=1S/C12H17NO/c1-3-12(13)8-11(12)9-4-6-10(14-2)7-5-9/h4-7,11H,3,8,13H2,1-2H3/t11-,12+/m0/s1. The molecule has 2 N–H and O–H groups in total. The molecule has 0 bridgehead atoms. The van der Waals surface area contributed by atoms with E-state index in [9.17, 15) is 0 Å². The zero-order chi connectivity index (χ0) is 10.2. The van der Waals surface area contributed by atoms with Crippen LogP contribution in [0.4, 0.5) is 0 Å². The molecule has 1 aliphatic rings. The van der Waals surface area contributed by atoms with Crippen molar-refractivity contribution in [2.24, 2.45) is 5.73 Å². The molecule has 0 radical (unpaired) electrons. The number of benzene rings is 1. The van der Waals surface area contributed by atoms with Crippen molar-refractivity contribution in [3.63, 3.8) is 0 Å². The van der Waals surface area contributed by atoms with Crippen LogP contribution in [0.5, 0.6) is 5.75 Å². The van der Waals surface area contributed by atoms with Crippen LogP contribution in [0.25, 0.3) is 0 Å². The Morgan fingerprint density at radius 1 is 1.43 bits per heavy atom. The minimum absolute atomic E-state index is 0.0641. The van der Waals surface area contributed by atoms with Crippen molar-refractivity contribution in [1.82, 2.24) is 0 Å². The van der Waals surface area contributed by atoms with Gasteiger partial charge in [0, 0.05) is 11.5 Å². The van der Waals surface area contributed by atoms with Crippen LogP contribution in [0, 0.1) is 0 Å². The van der Waals surface area contributed by atoms with E-state index in [0.717, 1.165) is 18.6 Å². The van der Waals surface area contributed by atoms with E-state index in [1.807, 2.05) is 12.1 Å². The van der Waals surface area contributed by atoms with Gasteiger partial charge in [0.25, 0.3) is 0 Å². The van der Waals surface area contributed by atoms with Gasteiger partial charge in [0.2, 0.25) is 0 Å². The Morgan fingerprint density at radius 2 is 2.07 bits per heavy atom. The second kappa shape index (κ2) is 3.28. The molecule has 0 unspecified atom stereocenters. The van der Waals surface area contributed by atoms with Crippen LogP contribution < -0.4 is 10.5 Å². The van der Waals surface area contributed by atoms with E-state index in [0.29, 0.717) is 5.92 Å². The number of hydrogen-bond donors (Lipinski definition) is 1. The summed E-state index contributed by atoms with van der Waals surface area (Å²) in [6.07, 6.45) is 2.18. The average molecular weight is 191 g/mol. The number of ether oxygens (including phenoxy) is 1. The van der Waals surface area contributed by atoms with Crippen molar-refractivity contribution >= 4 is 0 Å². The smallest absolute Gasteiger partial charge is 0.118 e. The fourth-order valence-electron chi connectivity index (χ4n) is 2.00. The predicted octanol–water partition coefficient (Wildman–Crippen LogP) is 2.29. The zero-order valence-electron chi connectivity index (χ0n) is 8.79. The van der Waals surface area contributed by atoms with Crippen molar-refractivity contribution in [2.45, 2.75) is 31.2 Å². The van der Waals surface area contributed by atoms with E-state index in [2.05, 4.69) is 19.1 Å². The van der Waals surface area contributed by atoms with Crippen LogP contribution in [0.2, 0.25) is 0 Å². The highest BCUT2D eigenvalue weighted by atomic mass is 16.5. The Bertz CT molecular complexity index is 320. The molecule has 0 spiro atoms. The first kappa shape index (κ1) is 9.53. The fourth-order valence-corrected chi connectivity index (χ4v) is 2.00. The highest BCUT2D eigenvalue weighted by Crippen LogP contribution is 2.51. The van der Waals surface area contributed by atoms with Gasteiger partial charge in [-0.2, -0.15) is 0 Å². The van der Waals surface area contributed by atoms with Gasteiger partial charge in [-0.3, -0.25) is 0 Å². The maximum absolute atomic E-state index is 6.16. The van der Waals surface area contributed by atoms with E-state index in [1.165, 1.54) is 5.56 Å². The van der Waals surface area contributed by atoms with Crippen LogP contribution in [0.15, 0.2) is 24.3 Å². The lowest BCUT2D eigenvalue weighted by atomic mass is 10.1. The van der Waals surface area contributed by atoms with Gasteiger partial charge in [0.15, 0.2) is 0 Å². The monoisotopic (exact) mass is 191 g/mol. The minimum atomic E-state index is 0.0641. The Kier molecular flexibility index (Phi) is 2.23. The third-order valence-corrected chi connectivity index (χ3v) is 3.29. The number of nitrogens with two attached hydrogens (primary N) is 1. The molecule has 2 nitrogen and oxygen atoms in total. The summed E-state index contributed by atoms with van der Waals surface area (Å²) in [5.41, 5.74) is 7.57. The molecule has 0 amide bonds. The molecule has 0 aliphatic heterocycles. The molecule has 1 aromatic rings. The normalized spacial score (nSPS) is 30.1. The van der Waals surface area contributed by atoms with E-state index >= 15 is 0 Å². The summed E-state index contributed by atoms with van der Waals surface area (Å²) in [7, 11) is 1.69. The molecule has 1 fully saturated rings. The van der Waals surface area contributed by atoms with E-state index < -0.39 is 0 Å². The summed E-state index contributed by atoms with van der Waals surface area (Å²) in [6.45, 7) is 2.16. The predicted molar refractivity (Wildman–Crippen MR) is 57.6 cm³/mol. The van der Waals surface area contributed by atoms with Gasteiger partial charge >= 0.3 is 0 Å². The Balaban J connectivity index is 2.12. The molecule has 1 aromatic carbocycles. The number of rotatable bonds is 3. The molecule has 0 heterocycles. The highest BCUT2D eigenvalue weighted by Gasteiger charge is 2.49. The van der Waals surface area contributed by atoms with Gasteiger partial charge in [-0.15, -0.1) is 0 Å². The van der Waals surface area contributed by atoms with Gasteiger partial charge in [-0.1, -0.05) is 19.1 Å². The van der Waals surface area contributed by atoms with Crippen LogP contribution in [-0.4, -0.2) is 12.6 Å². The Morgan fingerprint density at radius 3 is 2.50 bits per heavy atom. The molecule has 14 heavy (non-hydrogen) atoms. The van der Waals surface area contributed by atoms with Gasteiger partial charge < -0.3 is 10.5 Å². The molecule has 0 saturated heterocycles. The van der Waals surface area contributed by atoms with Crippen LogP contribution in [0.1, 0.15) is 31.2 Å². The highest BCUT2D eigenvalue weighted by molar-refractivity contribution is 5.36. The first-order valence-corrected chi connectivity index (χ1v) is 5.12. The van der Waals surface area contributed by atoms with Crippen molar-refractivity contribution in [1.29, 1.82) is 0 Å². The zero-order valence-corrected chi connectivity index (χ0v) is 8.79. The SMILES string of the molecule is CC[C@@]1(N)C[C@H]1c1ccc(OC)cc1. The average Bonchev–Trinajstić information content (AvgIpc) is 2.92. The lowest BCUT2D eigenvalue weighted by Crippen LogP contribution is -2.22. The third-order valence-electron chi connectivity index (χ3n) is 3.29. The van der Waals surface area contributed by atoms with Crippen LogP contribution in [0.3, 0.4) is 0 Å². The molecule has 1 saturated carbocycles. The maximum atomic E-state index is 6.16. The molecule has 2 atom stereocenters. The van der Waals surface area contributed by atoms with Gasteiger partial charge in [-0.05, 0) is 30.5 Å². The number of hydrogen-bond acceptors (Lipinski definition) is 2. The maximum Gasteiger partial charge on any atom is 0.118 e. The minimum Gasteiger partial charge on any atom is -0.497 e. The van der Waals surface area contributed by atoms with Crippen molar-refractivity contribution in [3.05, 3.63) is 29.8 Å². The summed E-state index contributed by atoms with van der Waals surface area (Å²) < 4.78 is 5.12. The molecule has 0 aromatic heterocycles. The first-order chi connectivity index (χ1) is 6.69. The molecule has 1 aliphatic carbocycles. The van der Waals surface area contributed by atoms with Crippen LogP contribution in [-0.2, 0) is 0 Å². The van der Waals surface area contributed by atoms with Crippen LogP contribution >= 0.6 is 0 Å².